The number of aromatic amines is 1. The number of imidazole rings is 1. The van der Waals surface area contributed by atoms with Crippen LogP contribution in [0.1, 0.15) is 61.3 Å². The minimum absolute atomic E-state index is 0.0328. The molecule has 3 aromatic heterocycles. The number of amides is 3. The Kier molecular flexibility index (Phi) is 5.80. The van der Waals surface area contributed by atoms with Crippen LogP contribution in [-0.4, -0.2) is 81.4 Å². The van der Waals surface area contributed by atoms with E-state index < -0.39 is 23.3 Å². The van der Waals surface area contributed by atoms with Crippen LogP contribution in [0.5, 0.6) is 0 Å². The van der Waals surface area contributed by atoms with Gasteiger partial charge in [-0.3, -0.25) is 19.3 Å². The first kappa shape index (κ1) is 25.1. The van der Waals surface area contributed by atoms with Gasteiger partial charge in [0.05, 0.1) is 11.9 Å². The van der Waals surface area contributed by atoms with E-state index in [0.717, 1.165) is 16.0 Å². The molecule has 0 radical (unpaired) electrons. The zero-order valence-corrected chi connectivity index (χ0v) is 21.6. The minimum atomic E-state index is -1.34. The number of imide groups is 1. The lowest BCUT2D eigenvalue weighted by molar-refractivity contribution is -0.143. The molecule has 1 N–H and O–H groups in total. The first-order valence-electron chi connectivity index (χ1n) is 12.0. The monoisotopic (exact) mass is 519 g/mol. The van der Waals surface area contributed by atoms with E-state index in [1.807, 2.05) is 26.8 Å². The van der Waals surface area contributed by atoms with Crippen LogP contribution < -0.4 is 0 Å². The van der Waals surface area contributed by atoms with Crippen molar-refractivity contribution in [2.75, 3.05) is 13.1 Å². The van der Waals surface area contributed by atoms with Gasteiger partial charge >= 0.3 is 5.91 Å². The lowest BCUT2D eigenvalue weighted by Crippen LogP contribution is -2.65. The highest BCUT2D eigenvalue weighted by Gasteiger charge is 2.47. The van der Waals surface area contributed by atoms with Crippen molar-refractivity contribution in [2.24, 2.45) is 0 Å². The molecule has 38 heavy (non-hydrogen) atoms. The molecule has 1 aromatic carbocycles. The van der Waals surface area contributed by atoms with Gasteiger partial charge in [-0.05, 0) is 54.8 Å². The summed E-state index contributed by atoms with van der Waals surface area (Å²) >= 11 is 0. The number of piperazine rings is 1. The van der Waals surface area contributed by atoms with Crippen molar-refractivity contribution in [1.82, 2.24) is 45.0 Å². The number of rotatable bonds is 3. The van der Waals surface area contributed by atoms with Gasteiger partial charge in [0.15, 0.2) is 5.65 Å². The number of benzene rings is 1. The Bertz CT molecular complexity index is 1550. The molecular formula is C25H26FN9O3. The number of hydrogen-bond donors (Lipinski definition) is 1. The Morgan fingerprint density at radius 1 is 1.08 bits per heavy atom. The standard InChI is InChI=1S/C25H26FN9O3/c1-24(2,3)16-12-17(14-6-8-15(26)9-7-14)30-35-13-18(27-20(16)35)21(36)34-11-10-33(23(38)25(34,4)5)22(37)19-28-31-32-29-19/h6-9,12-13H,10-11H2,1-5H3,(H,28,29,31,32). The lowest BCUT2D eigenvalue weighted by atomic mass is 9.87. The van der Waals surface area contributed by atoms with Gasteiger partial charge in [-0.1, -0.05) is 20.8 Å². The molecule has 1 saturated heterocycles. The molecule has 0 saturated carbocycles. The Morgan fingerprint density at radius 3 is 2.42 bits per heavy atom. The molecule has 0 unspecified atom stereocenters. The predicted molar refractivity (Wildman–Crippen MR) is 132 cm³/mol. The molecule has 4 aromatic rings. The topological polar surface area (TPSA) is 142 Å². The van der Waals surface area contributed by atoms with E-state index in [0.29, 0.717) is 11.3 Å². The average Bonchev–Trinajstić information content (AvgIpc) is 3.54. The second kappa shape index (κ2) is 8.78. The van der Waals surface area contributed by atoms with E-state index >= 15 is 0 Å². The van der Waals surface area contributed by atoms with Crippen LogP contribution in [0.2, 0.25) is 0 Å². The number of hydrogen-bond acceptors (Lipinski definition) is 8. The Labute approximate surface area is 216 Å². The van der Waals surface area contributed by atoms with Crippen LogP contribution >= 0.6 is 0 Å². The maximum Gasteiger partial charge on any atom is 0.302 e. The summed E-state index contributed by atoms with van der Waals surface area (Å²) in [6.07, 6.45) is 1.53. The average molecular weight is 520 g/mol. The van der Waals surface area contributed by atoms with E-state index in [1.54, 1.807) is 26.0 Å². The van der Waals surface area contributed by atoms with Gasteiger partial charge in [0.25, 0.3) is 17.6 Å². The highest BCUT2D eigenvalue weighted by molar-refractivity contribution is 6.08. The third-order valence-electron chi connectivity index (χ3n) is 6.61. The number of nitrogens with one attached hydrogen (secondary N) is 1. The molecule has 196 valence electrons. The maximum absolute atomic E-state index is 13.7. The fourth-order valence-electron chi connectivity index (χ4n) is 4.48. The van der Waals surface area contributed by atoms with Gasteiger partial charge in [-0.15, -0.1) is 10.2 Å². The van der Waals surface area contributed by atoms with E-state index in [-0.39, 0.29) is 35.8 Å². The predicted octanol–water partition coefficient (Wildman–Crippen LogP) is 2.25. The summed E-state index contributed by atoms with van der Waals surface area (Å²) in [4.78, 5) is 46.7. The summed E-state index contributed by atoms with van der Waals surface area (Å²) < 4.78 is 15.0. The second-order valence-corrected chi connectivity index (χ2v) is 10.6. The molecule has 0 spiro atoms. The van der Waals surface area contributed by atoms with Gasteiger partial charge in [0.1, 0.15) is 17.1 Å². The number of tetrazole rings is 1. The number of fused-ring (bicyclic) bond motifs is 1. The first-order valence-corrected chi connectivity index (χ1v) is 12.0. The third kappa shape index (κ3) is 4.19. The SMILES string of the molecule is CC(C)(C)c1cc(-c2ccc(F)cc2)nn2cc(C(=O)N3CCN(C(=O)c4nn[nH]n4)C(=O)C3(C)C)nc12. The second-order valence-electron chi connectivity index (χ2n) is 10.6. The van der Waals surface area contributed by atoms with E-state index in [1.165, 1.54) is 27.7 Å². The summed E-state index contributed by atoms with van der Waals surface area (Å²) in [6.45, 7) is 9.27. The van der Waals surface area contributed by atoms with Gasteiger partial charge in [0, 0.05) is 24.2 Å². The van der Waals surface area contributed by atoms with Gasteiger partial charge in [0.2, 0.25) is 0 Å². The molecule has 0 atom stereocenters. The number of carbonyl (C=O) groups is 3. The van der Waals surface area contributed by atoms with Gasteiger partial charge in [-0.25, -0.2) is 13.9 Å². The number of H-pyrrole nitrogens is 1. The Morgan fingerprint density at radius 2 is 1.79 bits per heavy atom. The molecule has 1 fully saturated rings. The molecule has 1 aliphatic rings. The van der Waals surface area contributed by atoms with E-state index in [2.05, 4.69) is 30.7 Å². The fourth-order valence-corrected chi connectivity index (χ4v) is 4.48. The molecule has 13 heteroatoms. The Hall–Kier alpha value is -4.55. The van der Waals surface area contributed by atoms with Crippen molar-refractivity contribution in [3.8, 4) is 11.3 Å². The van der Waals surface area contributed by atoms with Crippen LogP contribution in [0, 0.1) is 5.82 Å². The molecule has 0 aliphatic carbocycles. The largest absolute Gasteiger partial charge is 0.321 e. The van der Waals surface area contributed by atoms with Crippen LogP contribution in [0.25, 0.3) is 16.9 Å². The van der Waals surface area contributed by atoms with Crippen LogP contribution in [0.4, 0.5) is 4.39 Å². The Balaban J connectivity index is 1.50. The van der Waals surface area contributed by atoms with Crippen LogP contribution in [-0.2, 0) is 10.2 Å². The normalized spacial score (nSPS) is 15.8. The molecular weight excluding hydrogens is 493 g/mol. The fraction of sp³-hybridized carbons (Fsp3) is 0.360. The molecule has 1 aliphatic heterocycles. The highest BCUT2D eigenvalue weighted by Crippen LogP contribution is 2.31. The van der Waals surface area contributed by atoms with Gasteiger partial charge in [-0.2, -0.15) is 10.3 Å². The number of carbonyl (C=O) groups excluding carboxylic acids is 3. The zero-order valence-electron chi connectivity index (χ0n) is 21.6. The summed E-state index contributed by atoms with van der Waals surface area (Å²) in [5.41, 5.74) is 1.08. The molecule has 12 nitrogen and oxygen atoms in total. The van der Waals surface area contributed by atoms with Crippen molar-refractivity contribution >= 4 is 23.4 Å². The molecule has 3 amide bonds. The maximum atomic E-state index is 13.7. The van der Waals surface area contributed by atoms with Crippen molar-refractivity contribution in [3.05, 3.63) is 59.4 Å². The van der Waals surface area contributed by atoms with Crippen LogP contribution in [0.15, 0.2) is 36.5 Å². The summed E-state index contributed by atoms with van der Waals surface area (Å²) in [5.74, 6) is -2.31. The van der Waals surface area contributed by atoms with E-state index in [9.17, 15) is 18.8 Å². The molecule has 5 rings (SSSR count). The highest BCUT2D eigenvalue weighted by atomic mass is 19.1. The van der Waals surface area contributed by atoms with Gasteiger partial charge < -0.3 is 4.90 Å². The quantitative estimate of drug-likeness (QED) is 0.406. The van der Waals surface area contributed by atoms with Crippen molar-refractivity contribution in [2.45, 2.75) is 45.6 Å². The summed E-state index contributed by atoms with van der Waals surface area (Å²) in [5, 5.41) is 17.5. The van der Waals surface area contributed by atoms with Crippen molar-refractivity contribution in [3.63, 3.8) is 0 Å². The molecule has 0 bridgehead atoms. The van der Waals surface area contributed by atoms with Crippen LogP contribution in [0.3, 0.4) is 0 Å². The minimum Gasteiger partial charge on any atom is -0.321 e. The summed E-state index contributed by atoms with van der Waals surface area (Å²) in [6, 6.07) is 7.90. The molecule has 4 heterocycles. The first-order chi connectivity index (χ1) is 17.9. The van der Waals surface area contributed by atoms with Crippen molar-refractivity contribution < 1.29 is 18.8 Å². The number of halogens is 1. The zero-order chi connectivity index (χ0) is 27.4. The van der Waals surface area contributed by atoms with Crippen molar-refractivity contribution in [1.29, 1.82) is 0 Å². The summed E-state index contributed by atoms with van der Waals surface area (Å²) in [7, 11) is 0. The third-order valence-corrected chi connectivity index (χ3v) is 6.61. The number of aromatic nitrogens is 7. The number of nitrogens with zero attached hydrogens (tertiary/aromatic N) is 8. The van der Waals surface area contributed by atoms with E-state index in [4.69, 9.17) is 0 Å². The smallest absolute Gasteiger partial charge is 0.302 e. The lowest BCUT2D eigenvalue weighted by Gasteiger charge is -2.44.